The maximum Gasteiger partial charge on any atom is 0.335 e. The van der Waals surface area contributed by atoms with E-state index in [2.05, 4.69) is 4.98 Å². The summed E-state index contributed by atoms with van der Waals surface area (Å²) in [6, 6.07) is 6.98. The van der Waals surface area contributed by atoms with Gasteiger partial charge in [-0.05, 0) is 36.4 Å². The fraction of sp³-hybridized carbons (Fsp3) is 0.231. The summed E-state index contributed by atoms with van der Waals surface area (Å²) >= 11 is 1.74. The molecule has 0 saturated carbocycles. The van der Waals surface area contributed by atoms with Crippen LogP contribution in [0.15, 0.2) is 47.9 Å². The molecule has 0 amide bonds. The van der Waals surface area contributed by atoms with Crippen molar-refractivity contribution in [3.8, 4) is 0 Å². The van der Waals surface area contributed by atoms with Crippen molar-refractivity contribution in [2.24, 2.45) is 0 Å². The minimum absolute atomic E-state index is 0.331. The van der Waals surface area contributed by atoms with Crippen molar-refractivity contribution in [1.29, 1.82) is 0 Å². The first-order valence-electron chi connectivity index (χ1n) is 5.67. The first kappa shape index (κ1) is 12.7. The van der Waals surface area contributed by atoms with E-state index in [1.54, 1.807) is 30.1 Å². The van der Waals surface area contributed by atoms with E-state index in [9.17, 15) is 4.79 Å². The highest BCUT2D eigenvalue weighted by molar-refractivity contribution is 7.99. The lowest BCUT2D eigenvalue weighted by molar-refractivity contribution is 0.0697. The van der Waals surface area contributed by atoms with Gasteiger partial charge < -0.3 is 9.67 Å². The van der Waals surface area contributed by atoms with E-state index >= 15 is 0 Å². The lowest BCUT2D eigenvalue weighted by Crippen LogP contribution is -1.96. The van der Waals surface area contributed by atoms with Gasteiger partial charge in [0, 0.05) is 23.8 Å². The number of rotatable bonds is 6. The Hall–Kier alpha value is -1.75. The van der Waals surface area contributed by atoms with Crippen LogP contribution in [0.5, 0.6) is 0 Å². The lowest BCUT2D eigenvalue weighted by atomic mass is 10.2. The number of carbonyl (C=O) groups is 1. The summed E-state index contributed by atoms with van der Waals surface area (Å²) in [6.07, 6.45) is 6.60. The largest absolute Gasteiger partial charge is 0.478 e. The van der Waals surface area contributed by atoms with Crippen LogP contribution in [0.2, 0.25) is 0 Å². The Balaban J connectivity index is 1.75. The monoisotopic (exact) mass is 262 g/mol. The average Bonchev–Trinajstić information content (AvgIpc) is 2.88. The first-order chi connectivity index (χ1) is 8.75. The molecule has 18 heavy (non-hydrogen) atoms. The van der Waals surface area contributed by atoms with Crippen molar-refractivity contribution in [3.05, 3.63) is 48.5 Å². The molecule has 1 heterocycles. The zero-order valence-electron chi connectivity index (χ0n) is 9.82. The Morgan fingerprint density at radius 3 is 2.72 bits per heavy atom. The second kappa shape index (κ2) is 6.26. The van der Waals surface area contributed by atoms with E-state index in [4.69, 9.17) is 5.11 Å². The number of carboxylic acids is 1. The van der Waals surface area contributed by atoms with Crippen LogP contribution >= 0.6 is 11.8 Å². The summed E-state index contributed by atoms with van der Waals surface area (Å²) in [4.78, 5) is 15.8. The summed E-state index contributed by atoms with van der Waals surface area (Å²) in [7, 11) is 0. The number of aryl methyl sites for hydroxylation is 1. The average molecular weight is 262 g/mol. The Kier molecular flexibility index (Phi) is 4.41. The van der Waals surface area contributed by atoms with Crippen LogP contribution in [0, 0.1) is 0 Å². The number of aromatic carboxylic acids is 1. The van der Waals surface area contributed by atoms with Gasteiger partial charge in [-0.1, -0.05) is 0 Å². The van der Waals surface area contributed by atoms with Crippen LogP contribution < -0.4 is 0 Å². The zero-order chi connectivity index (χ0) is 12.8. The lowest BCUT2D eigenvalue weighted by Gasteiger charge is -2.03. The van der Waals surface area contributed by atoms with Crippen LogP contribution in [0.4, 0.5) is 0 Å². The molecule has 0 unspecified atom stereocenters. The molecule has 0 fully saturated rings. The Morgan fingerprint density at radius 2 is 2.11 bits per heavy atom. The molecule has 1 aromatic heterocycles. The smallest absolute Gasteiger partial charge is 0.335 e. The van der Waals surface area contributed by atoms with Gasteiger partial charge in [-0.15, -0.1) is 11.8 Å². The van der Waals surface area contributed by atoms with Crippen LogP contribution in [0.25, 0.3) is 0 Å². The van der Waals surface area contributed by atoms with Gasteiger partial charge in [-0.2, -0.15) is 0 Å². The fourth-order valence-electron chi connectivity index (χ4n) is 1.55. The van der Waals surface area contributed by atoms with Crippen molar-refractivity contribution < 1.29 is 9.90 Å². The van der Waals surface area contributed by atoms with Crippen molar-refractivity contribution in [1.82, 2.24) is 9.55 Å². The van der Waals surface area contributed by atoms with Gasteiger partial charge in [0.05, 0.1) is 11.9 Å². The van der Waals surface area contributed by atoms with Gasteiger partial charge in [0.1, 0.15) is 0 Å². The standard InChI is InChI=1S/C13H14N2O2S/c16-13(17)11-2-4-12(5-3-11)18-9-1-7-15-8-6-14-10-15/h2-6,8,10H,1,7,9H2,(H,16,17). The molecule has 0 spiro atoms. The Labute approximate surface area is 110 Å². The van der Waals surface area contributed by atoms with E-state index < -0.39 is 5.97 Å². The van der Waals surface area contributed by atoms with Crippen LogP contribution in [0.3, 0.4) is 0 Å². The number of hydrogen-bond acceptors (Lipinski definition) is 3. The molecular weight excluding hydrogens is 248 g/mol. The molecule has 4 nitrogen and oxygen atoms in total. The summed E-state index contributed by atoms with van der Waals surface area (Å²) in [5.74, 6) is 0.122. The first-order valence-corrected chi connectivity index (χ1v) is 6.66. The number of nitrogens with zero attached hydrogens (tertiary/aromatic N) is 2. The molecule has 0 saturated heterocycles. The maximum absolute atomic E-state index is 10.7. The molecular formula is C13H14N2O2S. The highest BCUT2D eigenvalue weighted by Crippen LogP contribution is 2.19. The number of benzene rings is 1. The van der Waals surface area contributed by atoms with E-state index in [1.165, 1.54) is 0 Å². The molecule has 0 aliphatic carbocycles. The topological polar surface area (TPSA) is 55.1 Å². The molecule has 0 aliphatic heterocycles. The summed E-state index contributed by atoms with van der Waals surface area (Å²) in [5.41, 5.74) is 0.331. The molecule has 94 valence electrons. The number of thioether (sulfide) groups is 1. The zero-order valence-corrected chi connectivity index (χ0v) is 10.6. The molecule has 0 bridgehead atoms. The van der Waals surface area contributed by atoms with Crippen molar-refractivity contribution in [2.45, 2.75) is 17.9 Å². The SMILES string of the molecule is O=C(O)c1ccc(SCCCn2ccnc2)cc1. The molecule has 0 radical (unpaired) electrons. The molecule has 5 heteroatoms. The second-order valence-corrected chi connectivity index (χ2v) is 5.00. The minimum Gasteiger partial charge on any atom is -0.478 e. The van der Waals surface area contributed by atoms with Gasteiger partial charge in [0.25, 0.3) is 0 Å². The Morgan fingerprint density at radius 1 is 1.33 bits per heavy atom. The van der Waals surface area contributed by atoms with E-state index in [1.807, 2.05) is 29.2 Å². The van der Waals surface area contributed by atoms with Gasteiger partial charge in [-0.3, -0.25) is 0 Å². The third kappa shape index (κ3) is 3.63. The number of carboxylic acid groups (broad SMARTS) is 1. The van der Waals surface area contributed by atoms with Crippen LogP contribution in [0.1, 0.15) is 16.8 Å². The summed E-state index contributed by atoms with van der Waals surface area (Å²) < 4.78 is 2.05. The fourth-order valence-corrected chi connectivity index (χ4v) is 2.39. The van der Waals surface area contributed by atoms with Crippen LogP contribution in [-0.2, 0) is 6.54 Å². The molecule has 0 aliphatic rings. The molecule has 0 atom stereocenters. The molecule has 1 aromatic carbocycles. The third-order valence-corrected chi connectivity index (χ3v) is 3.59. The number of hydrogen-bond donors (Lipinski definition) is 1. The highest BCUT2D eigenvalue weighted by atomic mass is 32.2. The summed E-state index contributed by atoms with van der Waals surface area (Å²) in [5, 5.41) is 8.78. The van der Waals surface area contributed by atoms with Crippen molar-refractivity contribution in [2.75, 3.05) is 5.75 Å². The minimum atomic E-state index is -0.883. The quantitative estimate of drug-likeness (QED) is 0.642. The number of aromatic nitrogens is 2. The Bertz CT molecular complexity index is 494. The van der Waals surface area contributed by atoms with E-state index in [0.717, 1.165) is 23.6 Å². The maximum atomic E-state index is 10.7. The summed E-state index contributed by atoms with van der Waals surface area (Å²) in [6.45, 7) is 0.959. The van der Waals surface area contributed by atoms with Gasteiger partial charge in [0.15, 0.2) is 0 Å². The predicted molar refractivity (Wildman–Crippen MR) is 71.0 cm³/mol. The normalized spacial score (nSPS) is 10.4. The van der Waals surface area contributed by atoms with Gasteiger partial charge in [0.2, 0.25) is 0 Å². The van der Waals surface area contributed by atoms with Gasteiger partial charge >= 0.3 is 5.97 Å². The van der Waals surface area contributed by atoms with Crippen LogP contribution in [-0.4, -0.2) is 26.4 Å². The highest BCUT2D eigenvalue weighted by Gasteiger charge is 2.01. The van der Waals surface area contributed by atoms with Gasteiger partial charge in [-0.25, -0.2) is 9.78 Å². The van der Waals surface area contributed by atoms with Crippen molar-refractivity contribution >= 4 is 17.7 Å². The van der Waals surface area contributed by atoms with E-state index in [-0.39, 0.29) is 0 Å². The molecule has 2 rings (SSSR count). The van der Waals surface area contributed by atoms with E-state index in [0.29, 0.717) is 5.56 Å². The predicted octanol–water partition coefficient (Wildman–Crippen LogP) is 2.76. The molecule has 1 N–H and O–H groups in total. The second-order valence-electron chi connectivity index (χ2n) is 3.83. The van der Waals surface area contributed by atoms with Crippen molar-refractivity contribution in [3.63, 3.8) is 0 Å². The molecule has 2 aromatic rings. The third-order valence-electron chi connectivity index (χ3n) is 2.49. The number of imidazole rings is 1.